The lowest BCUT2D eigenvalue weighted by Crippen LogP contribution is -2.53. The molecule has 1 saturated carbocycles. The number of halogens is 6. The van der Waals surface area contributed by atoms with Gasteiger partial charge in [-0.1, -0.05) is 6.42 Å². The van der Waals surface area contributed by atoms with Crippen LogP contribution >= 0.6 is 0 Å². The lowest BCUT2D eigenvalue weighted by atomic mass is 9.75. The van der Waals surface area contributed by atoms with E-state index in [1.54, 1.807) is 0 Å². The van der Waals surface area contributed by atoms with Crippen molar-refractivity contribution in [3.8, 4) is 0 Å². The molecule has 0 amide bonds. The van der Waals surface area contributed by atoms with Crippen LogP contribution in [0.4, 0.5) is 26.3 Å². The number of nitrogens with two attached hydrogens (primary N) is 1. The van der Waals surface area contributed by atoms with Crippen LogP contribution in [0.15, 0.2) is 0 Å². The molecule has 90 valence electrons. The van der Waals surface area contributed by atoms with Crippen LogP contribution in [-0.4, -0.2) is 18.4 Å². The first kappa shape index (κ1) is 12.6. The van der Waals surface area contributed by atoms with E-state index < -0.39 is 30.2 Å². The minimum absolute atomic E-state index is 0.351. The lowest BCUT2D eigenvalue weighted by Gasteiger charge is -2.37. The fourth-order valence-corrected chi connectivity index (χ4v) is 1.72. The van der Waals surface area contributed by atoms with Crippen molar-refractivity contribution in [3.05, 3.63) is 0 Å². The van der Waals surface area contributed by atoms with Gasteiger partial charge in [0.15, 0.2) is 5.92 Å². The molecule has 1 nitrogen and oxygen atoms in total. The Hall–Kier alpha value is -0.460. The van der Waals surface area contributed by atoms with E-state index in [-0.39, 0.29) is 0 Å². The molecule has 0 aromatic heterocycles. The van der Waals surface area contributed by atoms with Crippen LogP contribution in [0, 0.1) is 11.8 Å². The van der Waals surface area contributed by atoms with Crippen molar-refractivity contribution in [1.29, 1.82) is 0 Å². The Labute approximate surface area is 82.6 Å². The van der Waals surface area contributed by atoms with Crippen LogP contribution in [0.3, 0.4) is 0 Å². The smallest absolute Gasteiger partial charge is 0.327 e. The quantitative estimate of drug-likeness (QED) is 0.732. The van der Waals surface area contributed by atoms with Gasteiger partial charge in [-0.05, 0) is 18.8 Å². The molecule has 1 atom stereocenters. The third kappa shape index (κ3) is 2.76. The van der Waals surface area contributed by atoms with E-state index in [4.69, 9.17) is 5.73 Å². The summed E-state index contributed by atoms with van der Waals surface area (Å²) in [6.45, 7) is 0. The number of alkyl halides is 6. The molecule has 1 aliphatic carbocycles. The minimum atomic E-state index is -5.31. The summed E-state index contributed by atoms with van der Waals surface area (Å²) in [7, 11) is 0. The predicted molar refractivity (Wildman–Crippen MR) is 40.9 cm³/mol. The van der Waals surface area contributed by atoms with Crippen molar-refractivity contribution in [2.24, 2.45) is 17.6 Å². The van der Waals surface area contributed by atoms with E-state index in [1.807, 2.05) is 0 Å². The van der Waals surface area contributed by atoms with E-state index in [0.717, 1.165) is 0 Å². The predicted octanol–water partition coefficient (Wildman–Crippen LogP) is 2.85. The molecule has 15 heavy (non-hydrogen) atoms. The molecular formula is C8H11F6N. The molecule has 1 rings (SSSR count). The van der Waals surface area contributed by atoms with Gasteiger partial charge in [0, 0.05) is 6.04 Å². The first-order valence-corrected chi connectivity index (χ1v) is 4.53. The average molecular weight is 235 g/mol. The third-order valence-corrected chi connectivity index (χ3v) is 2.78. The molecule has 0 aromatic carbocycles. The molecule has 0 bridgehead atoms. The van der Waals surface area contributed by atoms with Gasteiger partial charge in [-0.2, -0.15) is 26.3 Å². The molecule has 0 aromatic rings. The van der Waals surface area contributed by atoms with Crippen LogP contribution < -0.4 is 5.73 Å². The fraction of sp³-hybridized carbons (Fsp3) is 1.00. The second-order valence-corrected chi connectivity index (χ2v) is 3.83. The van der Waals surface area contributed by atoms with Crippen molar-refractivity contribution in [2.75, 3.05) is 0 Å². The molecule has 0 radical (unpaired) electrons. The zero-order valence-corrected chi connectivity index (χ0v) is 7.70. The molecule has 7 heteroatoms. The van der Waals surface area contributed by atoms with Crippen molar-refractivity contribution in [3.63, 3.8) is 0 Å². The maximum absolute atomic E-state index is 12.2. The fourth-order valence-electron chi connectivity index (χ4n) is 1.72. The Balaban J connectivity index is 2.80. The van der Waals surface area contributed by atoms with Crippen LogP contribution in [0.2, 0.25) is 0 Å². The Morgan fingerprint density at radius 1 is 0.933 bits per heavy atom. The second kappa shape index (κ2) is 3.84. The van der Waals surface area contributed by atoms with E-state index in [9.17, 15) is 26.3 Å². The summed E-state index contributed by atoms with van der Waals surface area (Å²) in [5.74, 6) is -4.05. The van der Waals surface area contributed by atoms with Crippen molar-refractivity contribution >= 4 is 0 Å². The number of hydrogen-bond donors (Lipinski definition) is 1. The van der Waals surface area contributed by atoms with Gasteiger partial charge in [0.2, 0.25) is 0 Å². The maximum Gasteiger partial charge on any atom is 0.402 e. The van der Waals surface area contributed by atoms with Gasteiger partial charge in [-0.25, -0.2) is 0 Å². The molecule has 0 spiro atoms. The number of rotatable bonds is 2. The lowest BCUT2D eigenvalue weighted by molar-refractivity contribution is -0.293. The standard InChI is InChI=1S/C8H11F6N/c9-7(10,11)6(8(12,13)14)5(15)4-2-1-3-4/h4-6H,1-3,15H2. The zero-order valence-electron chi connectivity index (χ0n) is 7.70. The highest BCUT2D eigenvalue weighted by molar-refractivity contribution is 4.92. The van der Waals surface area contributed by atoms with Gasteiger partial charge in [-0.15, -0.1) is 0 Å². The SMILES string of the molecule is NC(C1CCC1)C(C(F)(F)F)C(F)(F)F. The normalized spacial score (nSPS) is 21.6. The highest BCUT2D eigenvalue weighted by Crippen LogP contribution is 2.45. The van der Waals surface area contributed by atoms with Crippen LogP contribution in [-0.2, 0) is 0 Å². The summed E-state index contributed by atoms with van der Waals surface area (Å²) in [6.07, 6.45) is -9.27. The zero-order chi connectivity index (χ0) is 11.9. The Morgan fingerprint density at radius 3 is 1.53 bits per heavy atom. The minimum Gasteiger partial charge on any atom is -0.327 e. The summed E-state index contributed by atoms with van der Waals surface area (Å²) in [5, 5.41) is 0. The van der Waals surface area contributed by atoms with Gasteiger partial charge in [0.05, 0.1) is 0 Å². The van der Waals surface area contributed by atoms with Gasteiger partial charge in [0.25, 0.3) is 0 Å². The topological polar surface area (TPSA) is 26.0 Å². The van der Waals surface area contributed by atoms with E-state index >= 15 is 0 Å². The Kier molecular flexibility index (Phi) is 3.23. The molecule has 0 saturated heterocycles. The van der Waals surface area contributed by atoms with E-state index in [2.05, 4.69) is 0 Å². The first-order chi connectivity index (χ1) is 6.64. The maximum atomic E-state index is 12.2. The Morgan fingerprint density at radius 2 is 1.33 bits per heavy atom. The van der Waals surface area contributed by atoms with Crippen LogP contribution in [0.25, 0.3) is 0 Å². The summed E-state index contributed by atoms with van der Waals surface area (Å²) in [5.41, 5.74) is 5.06. The molecule has 0 aliphatic heterocycles. The Bertz CT molecular complexity index is 202. The highest BCUT2D eigenvalue weighted by Gasteiger charge is 2.60. The van der Waals surface area contributed by atoms with Crippen molar-refractivity contribution in [2.45, 2.75) is 37.7 Å². The van der Waals surface area contributed by atoms with Gasteiger partial charge in [0.1, 0.15) is 0 Å². The molecule has 1 fully saturated rings. The van der Waals surface area contributed by atoms with Gasteiger partial charge < -0.3 is 5.73 Å². The molecule has 2 N–H and O–H groups in total. The molecule has 1 aliphatic rings. The molecule has 0 heterocycles. The molecule has 1 unspecified atom stereocenters. The van der Waals surface area contributed by atoms with Crippen molar-refractivity contribution < 1.29 is 26.3 Å². The van der Waals surface area contributed by atoms with Crippen molar-refractivity contribution in [1.82, 2.24) is 0 Å². The third-order valence-electron chi connectivity index (χ3n) is 2.78. The van der Waals surface area contributed by atoms with E-state index in [0.29, 0.717) is 19.3 Å². The first-order valence-electron chi connectivity index (χ1n) is 4.53. The highest BCUT2D eigenvalue weighted by atomic mass is 19.4. The second-order valence-electron chi connectivity index (χ2n) is 3.83. The van der Waals surface area contributed by atoms with Crippen LogP contribution in [0.5, 0.6) is 0 Å². The van der Waals surface area contributed by atoms with Gasteiger partial charge in [-0.3, -0.25) is 0 Å². The largest absolute Gasteiger partial charge is 0.402 e. The van der Waals surface area contributed by atoms with E-state index in [1.165, 1.54) is 0 Å². The van der Waals surface area contributed by atoms with Crippen LogP contribution in [0.1, 0.15) is 19.3 Å². The number of hydrogen-bond acceptors (Lipinski definition) is 1. The molecular weight excluding hydrogens is 224 g/mol. The summed E-state index contributed by atoms with van der Waals surface area (Å²) in [6, 6.07) is -1.86. The van der Waals surface area contributed by atoms with Gasteiger partial charge >= 0.3 is 12.4 Å². The monoisotopic (exact) mass is 235 g/mol. The summed E-state index contributed by atoms with van der Waals surface area (Å²) >= 11 is 0. The average Bonchev–Trinajstić information content (AvgIpc) is 1.72. The summed E-state index contributed by atoms with van der Waals surface area (Å²) < 4.78 is 73.1. The summed E-state index contributed by atoms with van der Waals surface area (Å²) in [4.78, 5) is 0.